The van der Waals surface area contributed by atoms with Gasteiger partial charge in [0.1, 0.15) is 5.75 Å². The smallest absolute Gasteiger partial charge is 0.259 e. The van der Waals surface area contributed by atoms with Crippen molar-refractivity contribution in [2.24, 2.45) is 0 Å². The number of nitrogens with zero attached hydrogens (tertiary/aromatic N) is 3. The highest BCUT2D eigenvalue weighted by molar-refractivity contribution is 6.33. The highest BCUT2D eigenvalue weighted by Crippen LogP contribution is 2.31. The third-order valence-electron chi connectivity index (χ3n) is 2.54. The maximum Gasteiger partial charge on any atom is 0.259 e. The summed E-state index contributed by atoms with van der Waals surface area (Å²) >= 11 is 6.04. The van der Waals surface area contributed by atoms with Gasteiger partial charge in [0.2, 0.25) is 5.82 Å². The van der Waals surface area contributed by atoms with Crippen molar-refractivity contribution in [2.45, 2.75) is 0 Å². The second-order valence-electron chi connectivity index (χ2n) is 3.82. The number of halogens is 1. The molecule has 0 aliphatic carbocycles. The maximum absolute atomic E-state index is 9.47. The Labute approximate surface area is 113 Å². The van der Waals surface area contributed by atoms with E-state index in [0.717, 1.165) is 5.56 Å². The topological polar surface area (TPSA) is 72.0 Å². The molecular formula is C13H8ClN3O2. The number of pyridine rings is 1. The van der Waals surface area contributed by atoms with Crippen LogP contribution >= 0.6 is 11.6 Å². The number of phenols is 1. The van der Waals surface area contributed by atoms with Crippen LogP contribution in [0.5, 0.6) is 5.75 Å². The molecule has 0 saturated heterocycles. The Bertz CT molecular complexity index is 713. The fourth-order valence-corrected chi connectivity index (χ4v) is 1.83. The minimum atomic E-state index is 0.0862. The Hall–Kier alpha value is -2.40. The average Bonchev–Trinajstić information content (AvgIpc) is 2.92. The van der Waals surface area contributed by atoms with Crippen molar-refractivity contribution < 1.29 is 9.63 Å². The van der Waals surface area contributed by atoms with E-state index >= 15 is 0 Å². The predicted octanol–water partition coefficient (Wildman–Crippen LogP) is 3.16. The number of aromatic nitrogens is 3. The van der Waals surface area contributed by atoms with Gasteiger partial charge in [-0.05, 0) is 30.3 Å². The molecule has 0 saturated carbocycles. The van der Waals surface area contributed by atoms with Gasteiger partial charge in [0.15, 0.2) is 0 Å². The van der Waals surface area contributed by atoms with E-state index in [-0.39, 0.29) is 11.6 Å². The van der Waals surface area contributed by atoms with E-state index in [1.807, 2.05) is 0 Å². The van der Waals surface area contributed by atoms with E-state index in [1.165, 1.54) is 12.1 Å². The Kier molecular flexibility index (Phi) is 2.89. The highest BCUT2D eigenvalue weighted by Gasteiger charge is 2.13. The van der Waals surface area contributed by atoms with E-state index in [0.29, 0.717) is 16.4 Å². The molecule has 94 valence electrons. The van der Waals surface area contributed by atoms with Crippen molar-refractivity contribution >= 4 is 11.6 Å². The van der Waals surface area contributed by atoms with E-state index in [4.69, 9.17) is 16.1 Å². The summed E-state index contributed by atoms with van der Waals surface area (Å²) in [5, 5.41) is 13.8. The van der Waals surface area contributed by atoms with Gasteiger partial charge in [-0.2, -0.15) is 4.98 Å². The van der Waals surface area contributed by atoms with Crippen LogP contribution in [0, 0.1) is 0 Å². The van der Waals surface area contributed by atoms with Gasteiger partial charge in [-0.15, -0.1) is 0 Å². The fraction of sp³-hybridized carbons (Fsp3) is 0. The normalized spacial score (nSPS) is 10.6. The maximum atomic E-state index is 9.47. The molecule has 2 aromatic heterocycles. The van der Waals surface area contributed by atoms with Gasteiger partial charge in [-0.3, -0.25) is 4.98 Å². The number of hydrogen-bond acceptors (Lipinski definition) is 5. The second-order valence-corrected chi connectivity index (χ2v) is 4.23. The molecule has 1 aromatic carbocycles. The van der Waals surface area contributed by atoms with Gasteiger partial charge in [0, 0.05) is 18.0 Å². The van der Waals surface area contributed by atoms with E-state index < -0.39 is 0 Å². The molecule has 0 radical (unpaired) electrons. The molecular weight excluding hydrogens is 266 g/mol. The lowest BCUT2D eigenvalue weighted by Gasteiger charge is -1.98. The summed E-state index contributed by atoms with van der Waals surface area (Å²) in [6, 6.07) is 8.10. The number of aromatic hydroxyl groups is 1. The van der Waals surface area contributed by atoms with E-state index in [2.05, 4.69) is 15.1 Å². The molecule has 2 heterocycles. The first-order valence-corrected chi connectivity index (χ1v) is 5.85. The number of benzene rings is 1. The lowest BCUT2D eigenvalue weighted by molar-refractivity contribution is 0.431. The van der Waals surface area contributed by atoms with Crippen molar-refractivity contribution in [3.8, 4) is 28.6 Å². The Balaban J connectivity index is 2.04. The van der Waals surface area contributed by atoms with Crippen LogP contribution < -0.4 is 0 Å². The summed E-state index contributed by atoms with van der Waals surface area (Å²) in [7, 11) is 0. The van der Waals surface area contributed by atoms with E-state index in [1.54, 1.807) is 30.6 Å². The first kappa shape index (κ1) is 11.7. The Morgan fingerprint density at radius 2 is 1.89 bits per heavy atom. The van der Waals surface area contributed by atoms with Crippen LogP contribution in [0.25, 0.3) is 22.8 Å². The quantitative estimate of drug-likeness (QED) is 0.776. The molecule has 6 heteroatoms. The Morgan fingerprint density at radius 3 is 2.68 bits per heavy atom. The molecule has 19 heavy (non-hydrogen) atoms. The molecule has 5 nitrogen and oxygen atoms in total. The van der Waals surface area contributed by atoms with Crippen LogP contribution in [0.3, 0.4) is 0 Å². The number of hydrogen-bond donors (Lipinski definition) is 1. The minimum absolute atomic E-state index is 0.0862. The van der Waals surface area contributed by atoms with Crippen LogP contribution in [-0.4, -0.2) is 20.2 Å². The number of rotatable bonds is 2. The average molecular weight is 274 g/mol. The largest absolute Gasteiger partial charge is 0.508 e. The van der Waals surface area contributed by atoms with Crippen molar-refractivity contribution in [1.29, 1.82) is 0 Å². The molecule has 3 aromatic rings. The SMILES string of the molecule is Oc1ccc(Cl)c(-c2nc(-c3ccncc3)no2)c1. The molecule has 0 amide bonds. The van der Waals surface area contributed by atoms with Gasteiger partial charge in [-0.25, -0.2) is 0 Å². The first-order chi connectivity index (χ1) is 9.24. The summed E-state index contributed by atoms with van der Waals surface area (Å²) in [6.45, 7) is 0. The lowest BCUT2D eigenvalue weighted by Crippen LogP contribution is -1.82. The number of phenolic OH excluding ortho intramolecular Hbond substituents is 1. The van der Waals surface area contributed by atoms with Gasteiger partial charge in [0.05, 0.1) is 10.6 Å². The zero-order chi connectivity index (χ0) is 13.2. The van der Waals surface area contributed by atoms with E-state index in [9.17, 15) is 5.11 Å². The molecule has 0 unspecified atom stereocenters. The molecule has 0 aliphatic heterocycles. The molecule has 0 fully saturated rings. The van der Waals surface area contributed by atoms with Crippen LogP contribution in [0.15, 0.2) is 47.2 Å². The molecule has 0 bridgehead atoms. The molecule has 3 rings (SSSR count). The summed E-state index contributed by atoms with van der Waals surface area (Å²) in [4.78, 5) is 8.17. The first-order valence-electron chi connectivity index (χ1n) is 5.47. The molecule has 0 atom stereocenters. The third kappa shape index (κ3) is 2.28. The van der Waals surface area contributed by atoms with Crippen LogP contribution in [-0.2, 0) is 0 Å². The van der Waals surface area contributed by atoms with Crippen molar-refractivity contribution in [1.82, 2.24) is 15.1 Å². The Morgan fingerprint density at radius 1 is 1.11 bits per heavy atom. The van der Waals surface area contributed by atoms with Crippen molar-refractivity contribution in [2.75, 3.05) is 0 Å². The monoisotopic (exact) mass is 273 g/mol. The fourth-order valence-electron chi connectivity index (χ4n) is 1.63. The van der Waals surface area contributed by atoms with Crippen molar-refractivity contribution in [3.63, 3.8) is 0 Å². The summed E-state index contributed by atoms with van der Waals surface area (Å²) in [6.07, 6.45) is 3.29. The van der Waals surface area contributed by atoms with Crippen LogP contribution in [0.4, 0.5) is 0 Å². The molecule has 1 N–H and O–H groups in total. The lowest BCUT2D eigenvalue weighted by atomic mass is 10.2. The van der Waals surface area contributed by atoms with Crippen molar-refractivity contribution in [3.05, 3.63) is 47.7 Å². The third-order valence-corrected chi connectivity index (χ3v) is 2.87. The standard InChI is InChI=1S/C13H8ClN3O2/c14-11-2-1-9(18)7-10(11)13-16-12(17-19-13)8-3-5-15-6-4-8/h1-7,18H. The van der Waals surface area contributed by atoms with Gasteiger partial charge in [-0.1, -0.05) is 16.8 Å². The van der Waals surface area contributed by atoms with Gasteiger partial charge < -0.3 is 9.63 Å². The molecule has 0 aliphatic rings. The molecule has 0 spiro atoms. The predicted molar refractivity (Wildman–Crippen MR) is 69.6 cm³/mol. The minimum Gasteiger partial charge on any atom is -0.508 e. The second kappa shape index (κ2) is 4.70. The van der Waals surface area contributed by atoms with Gasteiger partial charge >= 0.3 is 0 Å². The van der Waals surface area contributed by atoms with Crippen LogP contribution in [0.2, 0.25) is 5.02 Å². The highest BCUT2D eigenvalue weighted by atomic mass is 35.5. The summed E-state index contributed by atoms with van der Waals surface area (Å²) < 4.78 is 5.16. The van der Waals surface area contributed by atoms with Crippen LogP contribution in [0.1, 0.15) is 0 Å². The van der Waals surface area contributed by atoms with Gasteiger partial charge in [0.25, 0.3) is 5.89 Å². The zero-order valence-electron chi connectivity index (χ0n) is 9.62. The summed E-state index contributed by atoms with van der Waals surface area (Å²) in [5.74, 6) is 0.785. The summed E-state index contributed by atoms with van der Waals surface area (Å²) in [5.41, 5.74) is 1.29. The zero-order valence-corrected chi connectivity index (χ0v) is 10.4.